The first-order valence-corrected chi connectivity index (χ1v) is 7.96. The molecule has 0 spiro atoms. The molecule has 6 nitrogen and oxygen atoms in total. The molecule has 0 saturated carbocycles. The van der Waals surface area contributed by atoms with Gasteiger partial charge in [-0.25, -0.2) is 4.99 Å². The molecule has 2 aromatic rings. The van der Waals surface area contributed by atoms with Crippen LogP contribution in [0.15, 0.2) is 53.7 Å². The molecule has 0 aliphatic carbocycles. The van der Waals surface area contributed by atoms with Crippen molar-refractivity contribution < 1.29 is 4.79 Å². The maximum Gasteiger partial charge on any atom is 0.251 e. The van der Waals surface area contributed by atoms with Gasteiger partial charge in [-0.3, -0.25) is 9.78 Å². The number of pyridine rings is 1. The highest BCUT2D eigenvalue weighted by molar-refractivity contribution is 14.0. The molecule has 1 amide bonds. The average Bonchev–Trinajstić information content (AvgIpc) is 2.64. The van der Waals surface area contributed by atoms with Crippen LogP contribution in [0.5, 0.6) is 0 Å². The fourth-order valence-electron chi connectivity index (χ4n) is 2.09. The average molecular weight is 453 g/mol. The van der Waals surface area contributed by atoms with Crippen LogP contribution in [0.4, 0.5) is 0 Å². The van der Waals surface area contributed by atoms with Crippen LogP contribution in [0.3, 0.4) is 0 Å². The molecule has 0 saturated heterocycles. The summed E-state index contributed by atoms with van der Waals surface area (Å²) >= 11 is 0. The van der Waals surface area contributed by atoms with Crippen molar-refractivity contribution >= 4 is 35.8 Å². The second-order valence-corrected chi connectivity index (χ2v) is 5.15. The molecule has 0 aliphatic rings. The molecule has 0 atom stereocenters. The summed E-state index contributed by atoms with van der Waals surface area (Å²) in [6.45, 7) is 3.95. The van der Waals surface area contributed by atoms with Crippen LogP contribution in [0.1, 0.15) is 28.5 Å². The van der Waals surface area contributed by atoms with E-state index in [4.69, 9.17) is 0 Å². The van der Waals surface area contributed by atoms with E-state index in [0.717, 1.165) is 23.8 Å². The van der Waals surface area contributed by atoms with Crippen LogP contribution in [0.25, 0.3) is 0 Å². The first-order chi connectivity index (χ1) is 11.7. The lowest BCUT2D eigenvalue weighted by Gasteiger charge is -2.11. The fourth-order valence-corrected chi connectivity index (χ4v) is 2.09. The van der Waals surface area contributed by atoms with Gasteiger partial charge in [0, 0.05) is 25.4 Å². The minimum Gasteiger partial charge on any atom is -0.357 e. The van der Waals surface area contributed by atoms with Crippen molar-refractivity contribution in [3.8, 4) is 0 Å². The number of aromatic nitrogens is 1. The second-order valence-electron chi connectivity index (χ2n) is 5.15. The third-order valence-electron chi connectivity index (χ3n) is 3.37. The van der Waals surface area contributed by atoms with E-state index < -0.39 is 0 Å². The number of carbonyl (C=O) groups excluding carboxylic acids is 1. The quantitative estimate of drug-likeness (QED) is 0.357. The number of carbonyl (C=O) groups is 1. The number of halogens is 1. The topological polar surface area (TPSA) is 78.4 Å². The molecule has 0 fully saturated rings. The molecule has 1 aromatic carbocycles. The number of hydrogen-bond donors (Lipinski definition) is 3. The summed E-state index contributed by atoms with van der Waals surface area (Å²) in [5.74, 6) is 0.647. The zero-order valence-electron chi connectivity index (χ0n) is 14.5. The molecule has 1 heterocycles. The maximum absolute atomic E-state index is 11.5. The number of nitrogens with one attached hydrogen (secondary N) is 3. The Bertz CT molecular complexity index is 674. The van der Waals surface area contributed by atoms with E-state index >= 15 is 0 Å². The van der Waals surface area contributed by atoms with E-state index in [0.29, 0.717) is 18.7 Å². The standard InChI is InChI=1S/C18H23N5O.HI/c1-3-20-18(23-13-16-6-4-5-11-21-16)22-12-14-7-9-15(10-8-14)17(24)19-2;/h4-11H,3,12-13H2,1-2H3,(H,19,24)(H2,20,22,23);1H. The normalized spacial score (nSPS) is 10.6. The van der Waals surface area contributed by atoms with Crippen molar-refractivity contribution in [2.24, 2.45) is 4.99 Å². The van der Waals surface area contributed by atoms with Gasteiger partial charge >= 0.3 is 0 Å². The van der Waals surface area contributed by atoms with Crippen LogP contribution in [0, 0.1) is 0 Å². The van der Waals surface area contributed by atoms with E-state index in [1.165, 1.54) is 0 Å². The highest BCUT2D eigenvalue weighted by Gasteiger charge is 2.03. The minimum absolute atomic E-state index is 0. The summed E-state index contributed by atoms with van der Waals surface area (Å²) in [4.78, 5) is 20.4. The van der Waals surface area contributed by atoms with Gasteiger partial charge < -0.3 is 16.0 Å². The lowest BCUT2D eigenvalue weighted by atomic mass is 10.1. The zero-order valence-corrected chi connectivity index (χ0v) is 16.8. The number of nitrogens with zero attached hydrogens (tertiary/aromatic N) is 2. The van der Waals surface area contributed by atoms with Gasteiger partial charge in [0.25, 0.3) is 5.91 Å². The van der Waals surface area contributed by atoms with Crippen molar-refractivity contribution in [3.05, 3.63) is 65.5 Å². The Balaban J connectivity index is 0.00000312. The molecule has 1 aromatic heterocycles. The molecule has 0 aliphatic heterocycles. The minimum atomic E-state index is -0.0876. The molecule has 134 valence electrons. The van der Waals surface area contributed by atoms with Crippen LogP contribution < -0.4 is 16.0 Å². The Morgan fingerprint density at radius 2 is 1.88 bits per heavy atom. The third-order valence-corrected chi connectivity index (χ3v) is 3.37. The van der Waals surface area contributed by atoms with Gasteiger partial charge in [0.1, 0.15) is 0 Å². The number of hydrogen-bond acceptors (Lipinski definition) is 3. The molecule has 0 bridgehead atoms. The number of rotatable bonds is 6. The summed E-state index contributed by atoms with van der Waals surface area (Å²) in [7, 11) is 1.62. The number of benzene rings is 1. The highest BCUT2D eigenvalue weighted by Crippen LogP contribution is 2.05. The maximum atomic E-state index is 11.5. The van der Waals surface area contributed by atoms with E-state index in [1.54, 1.807) is 25.4 Å². The second kappa shape index (κ2) is 11.4. The Morgan fingerprint density at radius 1 is 1.12 bits per heavy atom. The zero-order chi connectivity index (χ0) is 17.2. The predicted octanol–water partition coefficient (Wildman–Crippen LogP) is 2.31. The lowest BCUT2D eigenvalue weighted by molar-refractivity contribution is 0.0963. The van der Waals surface area contributed by atoms with Gasteiger partial charge in [0.2, 0.25) is 0 Å². The highest BCUT2D eigenvalue weighted by atomic mass is 127. The van der Waals surface area contributed by atoms with E-state index in [2.05, 4.69) is 25.9 Å². The Kier molecular flexibility index (Phi) is 9.53. The number of amides is 1. The van der Waals surface area contributed by atoms with Gasteiger partial charge in [0.15, 0.2) is 5.96 Å². The van der Waals surface area contributed by atoms with Crippen LogP contribution in [0.2, 0.25) is 0 Å². The lowest BCUT2D eigenvalue weighted by Crippen LogP contribution is -2.37. The predicted molar refractivity (Wildman–Crippen MR) is 111 cm³/mol. The molecule has 25 heavy (non-hydrogen) atoms. The van der Waals surface area contributed by atoms with Crippen LogP contribution in [-0.2, 0) is 13.1 Å². The third kappa shape index (κ3) is 7.08. The molecular weight excluding hydrogens is 429 g/mol. The van der Waals surface area contributed by atoms with Gasteiger partial charge in [0.05, 0.1) is 18.8 Å². The van der Waals surface area contributed by atoms with Gasteiger partial charge in [-0.05, 0) is 36.8 Å². The van der Waals surface area contributed by atoms with E-state index in [-0.39, 0.29) is 29.9 Å². The largest absolute Gasteiger partial charge is 0.357 e. The molecule has 2 rings (SSSR count). The Hall–Kier alpha value is -2.16. The first kappa shape index (κ1) is 20.9. The summed E-state index contributed by atoms with van der Waals surface area (Å²) in [6.07, 6.45) is 1.77. The first-order valence-electron chi connectivity index (χ1n) is 7.96. The molecule has 3 N–H and O–H groups in total. The SMILES string of the molecule is CCNC(=NCc1ccc(C(=O)NC)cc1)NCc1ccccn1.I. The van der Waals surface area contributed by atoms with Crippen molar-refractivity contribution in [2.45, 2.75) is 20.0 Å². The van der Waals surface area contributed by atoms with Crippen molar-refractivity contribution in [1.82, 2.24) is 20.9 Å². The molecular formula is C18H24IN5O. The molecule has 0 unspecified atom stereocenters. The summed E-state index contributed by atoms with van der Waals surface area (Å²) in [5.41, 5.74) is 2.64. The van der Waals surface area contributed by atoms with Crippen molar-refractivity contribution in [1.29, 1.82) is 0 Å². The number of aliphatic imine (C=N–C) groups is 1. The smallest absolute Gasteiger partial charge is 0.251 e. The van der Waals surface area contributed by atoms with Gasteiger partial charge in [-0.2, -0.15) is 0 Å². The van der Waals surface area contributed by atoms with E-state index in [9.17, 15) is 4.79 Å². The Morgan fingerprint density at radius 3 is 2.48 bits per heavy atom. The monoisotopic (exact) mass is 453 g/mol. The number of guanidine groups is 1. The van der Waals surface area contributed by atoms with Gasteiger partial charge in [-0.1, -0.05) is 18.2 Å². The van der Waals surface area contributed by atoms with Gasteiger partial charge in [-0.15, -0.1) is 24.0 Å². The van der Waals surface area contributed by atoms with E-state index in [1.807, 2.05) is 37.3 Å². The fraction of sp³-hybridized carbons (Fsp3) is 0.278. The van der Waals surface area contributed by atoms with Crippen molar-refractivity contribution in [3.63, 3.8) is 0 Å². The molecule has 7 heteroatoms. The van der Waals surface area contributed by atoms with Crippen molar-refractivity contribution in [2.75, 3.05) is 13.6 Å². The molecule has 0 radical (unpaired) electrons. The summed E-state index contributed by atoms with van der Waals surface area (Å²) < 4.78 is 0. The van der Waals surface area contributed by atoms with Crippen LogP contribution in [-0.4, -0.2) is 30.4 Å². The Labute approximate surface area is 165 Å². The summed E-state index contributed by atoms with van der Waals surface area (Å²) in [6, 6.07) is 13.3. The van der Waals surface area contributed by atoms with Crippen LogP contribution >= 0.6 is 24.0 Å². The summed E-state index contributed by atoms with van der Waals surface area (Å²) in [5, 5.41) is 9.07.